The highest BCUT2D eigenvalue weighted by Gasteiger charge is 2.34. The predicted molar refractivity (Wildman–Crippen MR) is 94.2 cm³/mol. The maximum absolute atomic E-state index is 12.9. The Morgan fingerprint density at radius 2 is 2.08 bits per heavy atom. The summed E-state index contributed by atoms with van der Waals surface area (Å²) >= 11 is 0. The first-order valence-corrected chi connectivity index (χ1v) is 8.12. The highest BCUT2D eigenvalue weighted by Crippen LogP contribution is 2.36. The SMILES string of the molecule is Cc1cccc(CC2Oc3cc(N)ccc3N(CCCO)C2=O)c1. The second-order valence-electron chi connectivity index (χ2n) is 6.09. The molecule has 5 heteroatoms. The maximum atomic E-state index is 12.9. The Kier molecular flexibility index (Phi) is 4.71. The third-order valence-electron chi connectivity index (χ3n) is 4.13. The van der Waals surface area contributed by atoms with E-state index in [1.165, 1.54) is 0 Å². The number of amides is 1. The largest absolute Gasteiger partial charge is 0.478 e. The minimum atomic E-state index is -0.584. The van der Waals surface area contributed by atoms with Crippen LogP contribution in [-0.2, 0) is 11.2 Å². The van der Waals surface area contributed by atoms with E-state index in [1.807, 2.05) is 25.1 Å². The monoisotopic (exact) mass is 326 g/mol. The fourth-order valence-corrected chi connectivity index (χ4v) is 2.99. The molecule has 1 aliphatic rings. The third kappa shape index (κ3) is 3.36. The summed E-state index contributed by atoms with van der Waals surface area (Å²) in [5.41, 5.74) is 9.37. The zero-order valence-electron chi connectivity index (χ0n) is 13.7. The molecule has 0 aromatic heterocycles. The molecule has 24 heavy (non-hydrogen) atoms. The Bertz CT molecular complexity index is 745. The average molecular weight is 326 g/mol. The van der Waals surface area contributed by atoms with E-state index in [4.69, 9.17) is 15.6 Å². The summed E-state index contributed by atoms with van der Waals surface area (Å²) in [7, 11) is 0. The van der Waals surface area contributed by atoms with Crippen LogP contribution >= 0.6 is 0 Å². The lowest BCUT2D eigenvalue weighted by atomic mass is 10.0. The first kappa shape index (κ1) is 16.3. The quantitative estimate of drug-likeness (QED) is 0.827. The minimum absolute atomic E-state index is 0.0392. The zero-order valence-corrected chi connectivity index (χ0v) is 13.7. The van der Waals surface area contributed by atoms with Crippen molar-refractivity contribution in [2.24, 2.45) is 0 Å². The van der Waals surface area contributed by atoms with Crippen molar-refractivity contribution < 1.29 is 14.6 Å². The van der Waals surface area contributed by atoms with Crippen LogP contribution in [0.1, 0.15) is 17.5 Å². The van der Waals surface area contributed by atoms with Gasteiger partial charge in [0.05, 0.1) is 5.69 Å². The number of hydrogen-bond donors (Lipinski definition) is 2. The van der Waals surface area contributed by atoms with Gasteiger partial charge in [-0.15, -0.1) is 0 Å². The molecule has 0 bridgehead atoms. The number of fused-ring (bicyclic) bond motifs is 1. The predicted octanol–water partition coefficient (Wildman–Crippen LogP) is 2.30. The molecule has 0 spiro atoms. The molecule has 1 atom stereocenters. The Morgan fingerprint density at radius 1 is 1.25 bits per heavy atom. The number of nitrogens with zero attached hydrogens (tertiary/aromatic N) is 1. The van der Waals surface area contributed by atoms with Crippen molar-refractivity contribution in [3.05, 3.63) is 53.6 Å². The van der Waals surface area contributed by atoms with E-state index in [9.17, 15) is 4.79 Å². The lowest BCUT2D eigenvalue weighted by Gasteiger charge is -2.34. The molecular weight excluding hydrogens is 304 g/mol. The van der Waals surface area contributed by atoms with Crippen LogP contribution in [0.3, 0.4) is 0 Å². The highest BCUT2D eigenvalue weighted by molar-refractivity contribution is 6.00. The molecule has 0 aliphatic carbocycles. The molecule has 0 saturated heterocycles. The molecule has 2 aromatic rings. The van der Waals surface area contributed by atoms with Crippen LogP contribution < -0.4 is 15.4 Å². The van der Waals surface area contributed by atoms with Crippen molar-refractivity contribution in [2.75, 3.05) is 23.8 Å². The second-order valence-corrected chi connectivity index (χ2v) is 6.09. The van der Waals surface area contributed by atoms with Gasteiger partial charge in [0, 0.05) is 31.3 Å². The molecule has 1 unspecified atom stereocenters. The van der Waals surface area contributed by atoms with Crippen LogP contribution in [0.2, 0.25) is 0 Å². The Hall–Kier alpha value is -2.53. The maximum Gasteiger partial charge on any atom is 0.268 e. The van der Waals surface area contributed by atoms with E-state index in [2.05, 4.69) is 6.07 Å². The summed E-state index contributed by atoms with van der Waals surface area (Å²) in [5, 5.41) is 9.12. The van der Waals surface area contributed by atoms with Crippen LogP contribution in [-0.4, -0.2) is 30.3 Å². The molecule has 2 aromatic carbocycles. The van der Waals surface area contributed by atoms with Gasteiger partial charge in [0.1, 0.15) is 5.75 Å². The Morgan fingerprint density at radius 3 is 2.83 bits per heavy atom. The lowest BCUT2D eigenvalue weighted by Crippen LogP contribution is -2.47. The molecular formula is C19H22N2O3. The number of rotatable bonds is 5. The van der Waals surface area contributed by atoms with Gasteiger partial charge in [0.25, 0.3) is 5.91 Å². The fraction of sp³-hybridized carbons (Fsp3) is 0.316. The molecule has 126 valence electrons. The number of nitrogens with two attached hydrogens (primary N) is 1. The van der Waals surface area contributed by atoms with Crippen molar-refractivity contribution in [2.45, 2.75) is 25.9 Å². The number of carbonyl (C=O) groups excluding carboxylic acids is 1. The van der Waals surface area contributed by atoms with Crippen LogP contribution in [0.5, 0.6) is 5.75 Å². The second kappa shape index (κ2) is 6.93. The van der Waals surface area contributed by atoms with Crippen LogP contribution in [0.15, 0.2) is 42.5 Å². The van der Waals surface area contributed by atoms with E-state index in [-0.39, 0.29) is 12.5 Å². The first-order valence-electron chi connectivity index (χ1n) is 8.12. The molecule has 3 N–H and O–H groups in total. The third-order valence-corrected chi connectivity index (χ3v) is 4.13. The molecule has 0 saturated carbocycles. The smallest absolute Gasteiger partial charge is 0.268 e. The van der Waals surface area contributed by atoms with E-state index < -0.39 is 6.10 Å². The number of hydrogen-bond acceptors (Lipinski definition) is 4. The van der Waals surface area contributed by atoms with Gasteiger partial charge in [-0.3, -0.25) is 4.79 Å². The fourth-order valence-electron chi connectivity index (χ4n) is 2.99. The number of aryl methyl sites for hydroxylation is 1. The van der Waals surface area contributed by atoms with Gasteiger partial charge < -0.3 is 20.5 Å². The zero-order chi connectivity index (χ0) is 17.1. The number of carbonyl (C=O) groups is 1. The molecule has 0 radical (unpaired) electrons. The summed E-state index contributed by atoms with van der Waals surface area (Å²) in [6.07, 6.45) is 0.441. The van der Waals surface area contributed by atoms with Crippen LogP contribution in [0.4, 0.5) is 11.4 Å². The van der Waals surface area contributed by atoms with Gasteiger partial charge in [0.2, 0.25) is 0 Å². The number of aliphatic hydroxyl groups excluding tert-OH is 1. The van der Waals surface area contributed by atoms with Crippen molar-refractivity contribution in [3.8, 4) is 5.75 Å². The standard InChI is InChI=1S/C19H22N2O3/c1-13-4-2-5-14(10-13)11-18-19(23)21(8-3-9-22)16-7-6-15(20)12-17(16)24-18/h2,4-7,10,12,18,22H,3,8-9,11,20H2,1H3. The normalized spacial score (nSPS) is 16.7. The number of nitrogen functional groups attached to an aromatic ring is 1. The van der Waals surface area contributed by atoms with Gasteiger partial charge in [0.15, 0.2) is 6.10 Å². The summed E-state index contributed by atoms with van der Waals surface area (Å²) < 4.78 is 5.95. The molecule has 1 aliphatic heterocycles. The Labute approximate surface area is 141 Å². The van der Waals surface area contributed by atoms with Crippen molar-refractivity contribution in [1.29, 1.82) is 0 Å². The molecule has 5 nitrogen and oxygen atoms in total. The summed E-state index contributed by atoms with van der Waals surface area (Å²) in [6.45, 7) is 2.52. The van der Waals surface area contributed by atoms with Crippen molar-refractivity contribution >= 4 is 17.3 Å². The number of aliphatic hydroxyl groups is 1. The summed E-state index contributed by atoms with van der Waals surface area (Å²) in [5.74, 6) is 0.535. The molecule has 1 heterocycles. The van der Waals surface area contributed by atoms with Crippen LogP contribution in [0, 0.1) is 6.92 Å². The summed E-state index contributed by atoms with van der Waals surface area (Å²) in [4.78, 5) is 14.5. The molecule has 0 fully saturated rings. The van der Waals surface area contributed by atoms with Gasteiger partial charge in [-0.25, -0.2) is 0 Å². The first-order chi connectivity index (χ1) is 11.6. The van der Waals surface area contributed by atoms with Gasteiger partial charge in [-0.05, 0) is 31.0 Å². The molecule has 3 rings (SSSR count). The van der Waals surface area contributed by atoms with Crippen molar-refractivity contribution in [3.63, 3.8) is 0 Å². The van der Waals surface area contributed by atoms with Gasteiger partial charge in [-0.1, -0.05) is 29.8 Å². The van der Waals surface area contributed by atoms with Crippen LogP contribution in [0.25, 0.3) is 0 Å². The van der Waals surface area contributed by atoms with E-state index >= 15 is 0 Å². The van der Waals surface area contributed by atoms with Gasteiger partial charge in [-0.2, -0.15) is 0 Å². The Balaban J connectivity index is 1.89. The summed E-state index contributed by atoms with van der Waals surface area (Å²) in [6, 6.07) is 13.4. The highest BCUT2D eigenvalue weighted by atomic mass is 16.5. The topological polar surface area (TPSA) is 75.8 Å². The number of ether oxygens (including phenoxy) is 1. The van der Waals surface area contributed by atoms with E-state index in [0.717, 1.165) is 11.1 Å². The van der Waals surface area contributed by atoms with Gasteiger partial charge >= 0.3 is 0 Å². The van der Waals surface area contributed by atoms with Crippen molar-refractivity contribution in [1.82, 2.24) is 0 Å². The molecule has 1 amide bonds. The lowest BCUT2D eigenvalue weighted by molar-refractivity contribution is -0.126. The van der Waals surface area contributed by atoms with E-state index in [0.29, 0.717) is 36.5 Å². The average Bonchev–Trinajstić information content (AvgIpc) is 2.55. The number of anilines is 2. The van der Waals surface area contributed by atoms with E-state index in [1.54, 1.807) is 23.1 Å². The number of benzene rings is 2. The minimum Gasteiger partial charge on any atom is -0.478 e.